The van der Waals surface area contributed by atoms with E-state index < -0.39 is 7.14 Å². The van der Waals surface area contributed by atoms with E-state index in [0.29, 0.717) is 0 Å². The zero-order valence-corrected chi connectivity index (χ0v) is 24.3. The molecule has 0 saturated carbocycles. The maximum atomic E-state index is 15.9. The highest BCUT2D eigenvalue weighted by atomic mass is 31.2. The highest BCUT2D eigenvalue weighted by Crippen LogP contribution is 2.55. The van der Waals surface area contributed by atoms with Crippen LogP contribution >= 0.6 is 7.14 Å². The van der Waals surface area contributed by atoms with Crippen molar-refractivity contribution in [3.8, 4) is 16.8 Å². The zero-order valence-electron chi connectivity index (χ0n) is 23.4. The van der Waals surface area contributed by atoms with Crippen LogP contribution in [0.4, 0.5) is 0 Å². The fourth-order valence-corrected chi connectivity index (χ4v) is 11.3. The lowest BCUT2D eigenvalue weighted by atomic mass is 9.81. The van der Waals surface area contributed by atoms with Crippen molar-refractivity contribution in [1.29, 1.82) is 0 Å². The number of para-hydroxylation sites is 1. The average molecular weight is 568 g/mol. The first kappa shape index (κ1) is 23.6. The lowest BCUT2D eigenvalue weighted by Crippen LogP contribution is -2.22. The van der Waals surface area contributed by atoms with Gasteiger partial charge >= 0.3 is 0 Å². The van der Waals surface area contributed by atoms with Crippen molar-refractivity contribution in [2.24, 2.45) is 0 Å². The van der Waals surface area contributed by atoms with Gasteiger partial charge in [-0.05, 0) is 63.8 Å². The van der Waals surface area contributed by atoms with Crippen molar-refractivity contribution >= 4 is 67.3 Å². The quantitative estimate of drug-likeness (QED) is 0.191. The second kappa shape index (κ2) is 8.34. The van der Waals surface area contributed by atoms with Gasteiger partial charge in [-0.15, -0.1) is 0 Å². The molecule has 0 saturated heterocycles. The molecule has 0 bridgehead atoms. The fourth-order valence-electron chi connectivity index (χ4n) is 8.03. The lowest BCUT2D eigenvalue weighted by molar-refractivity contribution is 0.593. The molecule has 0 N–H and O–H groups in total. The molecule has 6 aromatic carbocycles. The topological polar surface area (TPSA) is 22.0 Å². The summed E-state index contributed by atoms with van der Waals surface area (Å²) in [5.74, 6) is 0. The van der Waals surface area contributed by atoms with Crippen LogP contribution in [0.2, 0.25) is 0 Å². The van der Waals surface area contributed by atoms with Crippen LogP contribution in [0.3, 0.4) is 0 Å². The first-order chi connectivity index (χ1) is 21.2. The summed E-state index contributed by atoms with van der Waals surface area (Å²) in [6, 6.07) is 40.7. The van der Waals surface area contributed by atoms with Gasteiger partial charge in [0.05, 0.1) is 22.0 Å². The van der Waals surface area contributed by atoms with Gasteiger partial charge in [-0.3, -0.25) is 0 Å². The number of hydrogen-bond donors (Lipinski definition) is 0. The van der Waals surface area contributed by atoms with Crippen LogP contribution in [0, 0.1) is 0 Å². The Balaban J connectivity index is 1.41. The third kappa shape index (κ3) is 2.92. The van der Waals surface area contributed by atoms with Crippen LogP contribution in [0.25, 0.3) is 61.0 Å². The fraction of sp³-hybridized carbons (Fsp3) is 0.0500. The van der Waals surface area contributed by atoms with Crippen LogP contribution in [0.15, 0.2) is 127 Å². The molecule has 3 aliphatic rings. The molecule has 10 rings (SSSR count). The van der Waals surface area contributed by atoms with E-state index in [1.165, 1.54) is 38.4 Å². The Bertz CT molecular complexity index is 2480. The van der Waals surface area contributed by atoms with E-state index in [0.717, 1.165) is 62.0 Å². The average Bonchev–Trinajstić information content (AvgIpc) is 3.54. The van der Waals surface area contributed by atoms with Gasteiger partial charge in [0.15, 0.2) is 7.14 Å². The Morgan fingerprint density at radius 1 is 0.651 bits per heavy atom. The minimum atomic E-state index is -3.18. The maximum absolute atomic E-state index is 15.9. The van der Waals surface area contributed by atoms with E-state index in [9.17, 15) is 0 Å². The molecular weight excluding hydrogens is 541 g/mol. The molecule has 0 fully saturated rings. The van der Waals surface area contributed by atoms with Crippen molar-refractivity contribution in [2.45, 2.75) is 12.8 Å². The molecule has 1 atom stereocenters. The summed E-state index contributed by atoms with van der Waals surface area (Å²) in [5.41, 5.74) is 11.0. The first-order valence-corrected chi connectivity index (χ1v) is 16.7. The van der Waals surface area contributed by atoms with E-state index in [1.807, 2.05) is 36.4 Å². The number of rotatable bonds is 2. The molecule has 1 aromatic heterocycles. The van der Waals surface area contributed by atoms with Gasteiger partial charge in [-0.25, -0.2) is 0 Å². The van der Waals surface area contributed by atoms with Crippen molar-refractivity contribution in [1.82, 2.24) is 4.57 Å². The Labute approximate surface area is 249 Å². The van der Waals surface area contributed by atoms with Crippen molar-refractivity contribution < 1.29 is 4.57 Å². The summed E-state index contributed by atoms with van der Waals surface area (Å²) in [7, 11) is -3.18. The van der Waals surface area contributed by atoms with E-state index in [1.54, 1.807) is 0 Å². The monoisotopic (exact) mass is 567 g/mol. The zero-order chi connectivity index (χ0) is 28.3. The molecule has 202 valence electrons. The molecule has 0 radical (unpaired) electrons. The second-order valence-corrected chi connectivity index (χ2v) is 14.6. The smallest absolute Gasteiger partial charge is 0.174 e. The number of fused-ring (bicyclic) bond motifs is 7. The number of nitrogens with zero attached hydrogens (tertiary/aromatic N) is 1. The van der Waals surface area contributed by atoms with E-state index in [4.69, 9.17) is 0 Å². The normalized spacial score (nSPS) is 17.8. The Morgan fingerprint density at radius 2 is 1.47 bits per heavy atom. The molecule has 0 amide bonds. The SMILES string of the molecule is O=P1(c2ccccc2)c2ccccc2-c2ccc3c4ccccc4n(-c4ccc5c6c7c(ccc46)C=CCC7=CC5)c3c21. The van der Waals surface area contributed by atoms with Crippen LogP contribution in [0.5, 0.6) is 0 Å². The Morgan fingerprint density at radius 3 is 2.40 bits per heavy atom. The van der Waals surface area contributed by atoms with E-state index in [2.05, 4.69) is 102 Å². The summed E-state index contributed by atoms with van der Waals surface area (Å²) in [6.07, 6.45) is 8.90. The minimum Gasteiger partial charge on any atom is -0.309 e. The van der Waals surface area contributed by atoms with Crippen LogP contribution in [0.1, 0.15) is 23.1 Å². The largest absolute Gasteiger partial charge is 0.309 e. The maximum Gasteiger partial charge on any atom is 0.174 e. The van der Waals surface area contributed by atoms with Gasteiger partial charge in [0.2, 0.25) is 0 Å². The predicted molar refractivity (Wildman–Crippen MR) is 182 cm³/mol. The summed E-state index contributed by atoms with van der Waals surface area (Å²) in [6.45, 7) is 0. The molecule has 2 heterocycles. The van der Waals surface area contributed by atoms with E-state index in [-0.39, 0.29) is 0 Å². The molecule has 7 aromatic rings. The third-order valence-corrected chi connectivity index (χ3v) is 13.0. The molecule has 1 unspecified atom stereocenters. The summed E-state index contributed by atoms with van der Waals surface area (Å²) in [4.78, 5) is 0. The van der Waals surface area contributed by atoms with Gasteiger partial charge in [-0.2, -0.15) is 0 Å². The van der Waals surface area contributed by atoms with Gasteiger partial charge in [0.1, 0.15) is 0 Å². The van der Waals surface area contributed by atoms with Gasteiger partial charge in [0, 0.05) is 26.8 Å². The van der Waals surface area contributed by atoms with Crippen molar-refractivity contribution in [2.75, 3.05) is 0 Å². The highest BCUT2D eigenvalue weighted by Gasteiger charge is 2.42. The number of benzene rings is 6. The molecule has 2 aliphatic carbocycles. The van der Waals surface area contributed by atoms with Gasteiger partial charge in [-0.1, -0.05) is 121 Å². The van der Waals surface area contributed by atoms with Crippen LogP contribution in [-0.4, -0.2) is 4.57 Å². The predicted octanol–water partition coefficient (Wildman–Crippen LogP) is 8.91. The highest BCUT2D eigenvalue weighted by molar-refractivity contribution is 7.86. The Hall–Kier alpha value is -4.91. The number of hydrogen-bond acceptors (Lipinski definition) is 1. The molecule has 0 spiro atoms. The Kier molecular flexibility index (Phi) is 4.59. The summed E-state index contributed by atoms with van der Waals surface area (Å²) in [5, 5.41) is 7.72. The first-order valence-electron chi connectivity index (χ1n) is 15.0. The van der Waals surface area contributed by atoms with Gasteiger partial charge < -0.3 is 9.13 Å². The molecule has 2 nitrogen and oxygen atoms in total. The van der Waals surface area contributed by atoms with Crippen LogP contribution < -0.4 is 15.9 Å². The second-order valence-electron chi connectivity index (χ2n) is 11.9. The van der Waals surface area contributed by atoms with E-state index >= 15 is 4.57 Å². The minimum absolute atomic E-state index is 0.885. The standard InChI is InChI=1S/C40H26NOP/c42-43(28-11-2-1-3-12-28)36-16-7-5-14-30(36)32-23-22-31-29-13-4-6-15-34(29)41(39(31)40(32)43)35-24-20-27-18-17-25-9-8-10-26-19-21-33(35)38(27)37(25)26/h1-8,10-17,19-24H,9,18H2. The lowest BCUT2D eigenvalue weighted by Gasteiger charge is -2.25. The summed E-state index contributed by atoms with van der Waals surface area (Å²) >= 11 is 0. The third-order valence-electron chi connectivity index (χ3n) is 9.82. The van der Waals surface area contributed by atoms with Gasteiger partial charge in [0.25, 0.3) is 0 Å². The molecule has 1 aliphatic heterocycles. The number of allylic oxidation sites excluding steroid dienone is 3. The number of aromatic nitrogens is 1. The van der Waals surface area contributed by atoms with Crippen molar-refractivity contribution in [3.63, 3.8) is 0 Å². The molecule has 3 heteroatoms. The molecular formula is C40H26NOP. The van der Waals surface area contributed by atoms with Crippen LogP contribution in [-0.2, 0) is 11.0 Å². The summed E-state index contributed by atoms with van der Waals surface area (Å²) < 4.78 is 18.3. The van der Waals surface area contributed by atoms with Crippen molar-refractivity contribution in [3.05, 3.63) is 144 Å². The molecule has 43 heavy (non-hydrogen) atoms.